The minimum atomic E-state index is 0.649. The molecule has 1 aliphatic rings. The molecule has 1 fully saturated rings. The lowest BCUT2D eigenvalue weighted by molar-refractivity contribution is 0.442. The van der Waals surface area contributed by atoms with Crippen molar-refractivity contribution < 1.29 is 4.42 Å². The van der Waals surface area contributed by atoms with Crippen LogP contribution in [0.4, 0.5) is 0 Å². The molecule has 1 saturated carbocycles. The maximum Gasteiger partial charge on any atom is 0.164 e. The number of nitrogens with zero attached hydrogens (tertiary/aromatic N) is 3. The molecule has 2 aromatic heterocycles. The fraction of sp³-hybridized carbons (Fsp3) is 0.538. The normalized spacial score (nSPS) is 22.3. The predicted octanol–water partition coefficient (Wildman–Crippen LogP) is 1.82. The Morgan fingerprint density at radius 3 is 2.94 bits per heavy atom. The van der Waals surface area contributed by atoms with Crippen molar-refractivity contribution in [2.75, 3.05) is 0 Å². The van der Waals surface area contributed by atoms with E-state index in [1.54, 1.807) is 11.0 Å². The van der Waals surface area contributed by atoms with Gasteiger partial charge in [0.25, 0.3) is 0 Å². The fourth-order valence-corrected chi connectivity index (χ4v) is 2.17. The maximum absolute atomic E-state index is 5.81. The molecule has 0 bridgehead atoms. The summed E-state index contributed by atoms with van der Waals surface area (Å²) in [5.74, 6) is 4.36. The third-order valence-corrected chi connectivity index (χ3v) is 3.39. The summed E-state index contributed by atoms with van der Waals surface area (Å²) in [7, 11) is 1.87. The molecule has 0 saturated heterocycles. The quantitative estimate of drug-likeness (QED) is 0.874. The summed E-state index contributed by atoms with van der Waals surface area (Å²) >= 11 is 0. The van der Waals surface area contributed by atoms with Gasteiger partial charge in [-0.15, -0.1) is 0 Å². The smallest absolute Gasteiger partial charge is 0.164 e. The van der Waals surface area contributed by atoms with E-state index in [9.17, 15) is 0 Å². The molecule has 5 heteroatoms. The molecule has 0 aliphatic heterocycles. The van der Waals surface area contributed by atoms with Crippen molar-refractivity contribution in [3.05, 3.63) is 35.8 Å². The van der Waals surface area contributed by atoms with Crippen molar-refractivity contribution in [1.82, 2.24) is 20.1 Å². The zero-order valence-electron chi connectivity index (χ0n) is 10.8. The van der Waals surface area contributed by atoms with Gasteiger partial charge in [-0.05, 0) is 24.5 Å². The molecule has 2 atom stereocenters. The Hall–Kier alpha value is -1.62. The molecule has 2 aromatic rings. The SMILES string of the molecule is CC1CC1c1ccc(CNCc2ncn(C)n2)o1. The largest absolute Gasteiger partial charge is 0.464 e. The van der Waals surface area contributed by atoms with Crippen LogP contribution in [0.25, 0.3) is 0 Å². The third kappa shape index (κ3) is 2.46. The zero-order chi connectivity index (χ0) is 12.5. The lowest BCUT2D eigenvalue weighted by Gasteiger charge is -1.99. The highest BCUT2D eigenvalue weighted by Gasteiger charge is 2.36. The molecule has 0 amide bonds. The first-order valence-corrected chi connectivity index (χ1v) is 6.36. The Labute approximate surface area is 106 Å². The van der Waals surface area contributed by atoms with Crippen LogP contribution in [0.15, 0.2) is 22.9 Å². The van der Waals surface area contributed by atoms with Crippen LogP contribution >= 0.6 is 0 Å². The maximum atomic E-state index is 5.81. The lowest BCUT2D eigenvalue weighted by Crippen LogP contribution is -2.13. The molecule has 18 heavy (non-hydrogen) atoms. The van der Waals surface area contributed by atoms with Gasteiger partial charge >= 0.3 is 0 Å². The second-order valence-corrected chi connectivity index (χ2v) is 5.06. The van der Waals surface area contributed by atoms with Gasteiger partial charge in [0.15, 0.2) is 5.82 Å². The summed E-state index contributed by atoms with van der Waals surface area (Å²) in [6, 6.07) is 4.16. The van der Waals surface area contributed by atoms with Crippen molar-refractivity contribution in [1.29, 1.82) is 0 Å². The molecule has 0 aromatic carbocycles. The number of aryl methyl sites for hydroxylation is 1. The standard InChI is InChI=1S/C13H18N4O/c1-9-5-11(9)12-4-3-10(18-12)6-14-7-13-15-8-17(2)16-13/h3-4,8-9,11,14H,5-7H2,1-2H3. The van der Waals surface area contributed by atoms with Crippen molar-refractivity contribution in [3.63, 3.8) is 0 Å². The monoisotopic (exact) mass is 246 g/mol. The highest BCUT2D eigenvalue weighted by atomic mass is 16.3. The number of hydrogen-bond donors (Lipinski definition) is 1. The molecule has 2 heterocycles. The van der Waals surface area contributed by atoms with E-state index in [1.807, 2.05) is 7.05 Å². The number of nitrogens with one attached hydrogen (secondary N) is 1. The summed E-state index contributed by atoms with van der Waals surface area (Å²) in [6.45, 7) is 3.65. The van der Waals surface area contributed by atoms with E-state index in [0.29, 0.717) is 12.5 Å². The average molecular weight is 246 g/mol. The van der Waals surface area contributed by atoms with Gasteiger partial charge in [-0.25, -0.2) is 4.98 Å². The minimum Gasteiger partial charge on any atom is -0.464 e. The number of aromatic nitrogens is 3. The Morgan fingerprint density at radius 1 is 1.44 bits per heavy atom. The van der Waals surface area contributed by atoms with E-state index >= 15 is 0 Å². The summed E-state index contributed by atoms with van der Waals surface area (Å²) in [5.41, 5.74) is 0. The lowest BCUT2D eigenvalue weighted by atomic mass is 10.3. The van der Waals surface area contributed by atoms with Gasteiger partial charge in [0.2, 0.25) is 0 Å². The summed E-state index contributed by atoms with van der Waals surface area (Å²) < 4.78 is 7.52. The fourth-order valence-electron chi connectivity index (χ4n) is 2.17. The van der Waals surface area contributed by atoms with Crippen LogP contribution in [0.3, 0.4) is 0 Å². The Kier molecular flexibility index (Phi) is 2.91. The van der Waals surface area contributed by atoms with Gasteiger partial charge < -0.3 is 9.73 Å². The topological polar surface area (TPSA) is 55.9 Å². The van der Waals surface area contributed by atoms with Gasteiger partial charge in [0.1, 0.15) is 17.8 Å². The zero-order valence-corrected chi connectivity index (χ0v) is 10.8. The van der Waals surface area contributed by atoms with Crippen LogP contribution in [-0.4, -0.2) is 14.8 Å². The van der Waals surface area contributed by atoms with Crippen LogP contribution in [0, 0.1) is 5.92 Å². The first-order valence-electron chi connectivity index (χ1n) is 6.36. The van der Waals surface area contributed by atoms with E-state index in [2.05, 4.69) is 34.5 Å². The molecule has 2 unspecified atom stereocenters. The van der Waals surface area contributed by atoms with E-state index < -0.39 is 0 Å². The van der Waals surface area contributed by atoms with E-state index in [0.717, 1.165) is 29.8 Å². The summed E-state index contributed by atoms with van der Waals surface area (Å²) in [6.07, 6.45) is 2.97. The van der Waals surface area contributed by atoms with Crippen molar-refractivity contribution in [3.8, 4) is 0 Å². The molecular weight excluding hydrogens is 228 g/mol. The average Bonchev–Trinajstić information content (AvgIpc) is 2.79. The van der Waals surface area contributed by atoms with E-state index in [1.165, 1.54) is 6.42 Å². The molecule has 1 aliphatic carbocycles. The highest BCUT2D eigenvalue weighted by molar-refractivity contribution is 5.17. The van der Waals surface area contributed by atoms with Gasteiger partial charge in [0.05, 0.1) is 13.1 Å². The molecule has 0 radical (unpaired) electrons. The summed E-state index contributed by atoms with van der Waals surface area (Å²) in [4.78, 5) is 4.16. The Balaban J connectivity index is 1.49. The van der Waals surface area contributed by atoms with Gasteiger partial charge in [-0.1, -0.05) is 6.92 Å². The van der Waals surface area contributed by atoms with Crippen LogP contribution in [0.2, 0.25) is 0 Å². The van der Waals surface area contributed by atoms with Crippen molar-refractivity contribution in [2.45, 2.75) is 32.4 Å². The highest BCUT2D eigenvalue weighted by Crippen LogP contribution is 2.47. The van der Waals surface area contributed by atoms with Crippen LogP contribution < -0.4 is 5.32 Å². The number of rotatable bonds is 5. The first-order chi connectivity index (χ1) is 8.72. The Morgan fingerprint density at radius 2 is 2.28 bits per heavy atom. The second-order valence-electron chi connectivity index (χ2n) is 5.06. The van der Waals surface area contributed by atoms with Crippen LogP contribution in [0.5, 0.6) is 0 Å². The summed E-state index contributed by atoms with van der Waals surface area (Å²) in [5, 5.41) is 7.49. The molecular formula is C13H18N4O. The number of hydrogen-bond acceptors (Lipinski definition) is 4. The Bertz CT molecular complexity index is 531. The molecule has 3 rings (SSSR count). The van der Waals surface area contributed by atoms with Crippen molar-refractivity contribution in [2.24, 2.45) is 13.0 Å². The van der Waals surface area contributed by atoms with Crippen molar-refractivity contribution >= 4 is 0 Å². The molecule has 96 valence electrons. The van der Waals surface area contributed by atoms with Crippen LogP contribution in [-0.2, 0) is 20.1 Å². The molecule has 1 N–H and O–H groups in total. The van der Waals surface area contributed by atoms with E-state index in [4.69, 9.17) is 4.42 Å². The molecule has 5 nitrogen and oxygen atoms in total. The number of furan rings is 1. The second kappa shape index (κ2) is 4.57. The third-order valence-electron chi connectivity index (χ3n) is 3.39. The van der Waals surface area contributed by atoms with Gasteiger partial charge in [0, 0.05) is 13.0 Å². The van der Waals surface area contributed by atoms with Crippen LogP contribution in [0.1, 0.15) is 36.6 Å². The van der Waals surface area contributed by atoms with Gasteiger partial charge in [-0.2, -0.15) is 5.10 Å². The van der Waals surface area contributed by atoms with Gasteiger partial charge in [-0.3, -0.25) is 4.68 Å². The predicted molar refractivity (Wildman–Crippen MR) is 66.8 cm³/mol. The molecule has 0 spiro atoms. The first kappa shape index (κ1) is 11.5. The van der Waals surface area contributed by atoms with E-state index in [-0.39, 0.29) is 0 Å². The minimum absolute atomic E-state index is 0.649.